The average molecular weight is 433 g/mol. The number of likely N-dealkylation sites (tertiary alicyclic amines) is 1. The minimum absolute atomic E-state index is 0.0732. The summed E-state index contributed by atoms with van der Waals surface area (Å²) in [4.78, 5) is 21.0. The summed E-state index contributed by atoms with van der Waals surface area (Å²) in [6.07, 6.45) is 5.58. The van der Waals surface area contributed by atoms with Crippen LogP contribution < -0.4 is 4.90 Å². The zero-order chi connectivity index (χ0) is 19.2. The second kappa shape index (κ2) is 6.55. The molecule has 6 nitrogen and oxygen atoms in total. The van der Waals surface area contributed by atoms with Crippen LogP contribution in [0.25, 0.3) is 5.69 Å². The smallest absolute Gasteiger partial charge is 0.410 e. The minimum atomic E-state index is -0.454. The van der Waals surface area contributed by atoms with Crippen LogP contribution in [0.15, 0.2) is 41.4 Å². The van der Waals surface area contributed by atoms with Gasteiger partial charge in [-0.3, -0.25) is 0 Å². The summed E-state index contributed by atoms with van der Waals surface area (Å²) in [6.45, 7) is 8.35. The van der Waals surface area contributed by atoms with Gasteiger partial charge in [0.25, 0.3) is 0 Å². The maximum Gasteiger partial charge on any atom is 0.410 e. The normalized spacial score (nSPS) is 22.2. The topological polar surface area (TPSA) is 50.6 Å². The van der Waals surface area contributed by atoms with E-state index in [1.807, 2.05) is 36.4 Å². The standard InChI is InChI=1S/C20H25BrN4O2/c1-19(2,3)27-18(26)25-11-9-20(25)8-10-23(13-20)15-4-6-16(7-5-15)24-12-17(21)22-14-24/h4-7,12,14H,8-11,13H2,1-3H3. The first-order chi connectivity index (χ1) is 12.8. The van der Waals surface area contributed by atoms with Crippen molar-refractivity contribution in [1.82, 2.24) is 14.5 Å². The molecule has 4 rings (SSSR count). The van der Waals surface area contributed by atoms with Gasteiger partial charge in [0.1, 0.15) is 16.5 Å². The third-order valence-corrected chi connectivity index (χ3v) is 5.79. The highest BCUT2D eigenvalue weighted by Crippen LogP contribution is 2.41. The number of carbonyl (C=O) groups is 1. The van der Waals surface area contributed by atoms with E-state index in [1.54, 1.807) is 6.33 Å². The van der Waals surface area contributed by atoms with Crippen molar-refractivity contribution in [2.75, 3.05) is 24.5 Å². The van der Waals surface area contributed by atoms with Crippen LogP contribution in [0.1, 0.15) is 33.6 Å². The lowest BCUT2D eigenvalue weighted by Crippen LogP contribution is -2.64. The SMILES string of the molecule is CC(C)(C)OC(=O)N1CCC12CCN(c1ccc(-n3cnc(Br)c3)cc1)C2. The van der Waals surface area contributed by atoms with Crippen LogP contribution in [0.2, 0.25) is 0 Å². The Labute approximate surface area is 168 Å². The number of rotatable bonds is 2. The second-order valence-corrected chi connectivity index (χ2v) is 9.21. The number of nitrogens with zero attached hydrogens (tertiary/aromatic N) is 4. The summed E-state index contributed by atoms with van der Waals surface area (Å²) in [5, 5.41) is 0. The molecule has 0 aliphatic carbocycles. The summed E-state index contributed by atoms with van der Waals surface area (Å²) in [7, 11) is 0. The second-order valence-electron chi connectivity index (χ2n) is 8.40. The van der Waals surface area contributed by atoms with E-state index in [2.05, 4.69) is 50.1 Å². The number of carbonyl (C=O) groups excluding carboxylic acids is 1. The molecule has 2 fully saturated rings. The lowest BCUT2D eigenvalue weighted by atomic mass is 9.84. The Morgan fingerprint density at radius 1 is 1.15 bits per heavy atom. The first-order valence-electron chi connectivity index (χ1n) is 9.31. The fourth-order valence-electron chi connectivity index (χ4n) is 3.92. The Hall–Kier alpha value is -2.02. The van der Waals surface area contributed by atoms with E-state index in [4.69, 9.17) is 4.74 Å². The molecule has 1 spiro atoms. The molecule has 3 heterocycles. The number of ether oxygens (including phenoxy) is 1. The van der Waals surface area contributed by atoms with Crippen LogP contribution in [-0.2, 0) is 4.74 Å². The molecular formula is C20H25BrN4O2. The Kier molecular flexibility index (Phi) is 4.45. The van der Waals surface area contributed by atoms with E-state index >= 15 is 0 Å². The fourth-order valence-corrected chi connectivity index (χ4v) is 4.23. The molecule has 1 aromatic heterocycles. The quantitative estimate of drug-likeness (QED) is 0.712. The van der Waals surface area contributed by atoms with Crippen molar-refractivity contribution in [3.05, 3.63) is 41.4 Å². The first-order valence-corrected chi connectivity index (χ1v) is 10.1. The molecule has 144 valence electrons. The van der Waals surface area contributed by atoms with Gasteiger partial charge in [-0.05, 0) is 73.8 Å². The zero-order valence-electron chi connectivity index (χ0n) is 16.0. The van der Waals surface area contributed by atoms with Gasteiger partial charge in [-0.1, -0.05) is 0 Å². The predicted octanol–water partition coefficient (Wildman–Crippen LogP) is 4.22. The molecule has 1 amide bonds. The van der Waals surface area contributed by atoms with Gasteiger partial charge < -0.3 is 19.1 Å². The van der Waals surface area contributed by atoms with Crippen molar-refractivity contribution in [1.29, 1.82) is 0 Å². The van der Waals surface area contributed by atoms with Gasteiger partial charge in [0.15, 0.2) is 0 Å². The summed E-state index contributed by atoms with van der Waals surface area (Å²) >= 11 is 3.38. The summed E-state index contributed by atoms with van der Waals surface area (Å²) in [5.41, 5.74) is 1.73. The van der Waals surface area contributed by atoms with Crippen molar-refractivity contribution in [2.24, 2.45) is 0 Å². The van der Waals surface area contributed by atoms with Gasteiger partial charge >= 0.3 is 6.09 Å². The van der Waals surface area contributed by atoms with Crippen LogP contribution in [0.4, 0.5) is 10.5 Å². The fraction of sp³-hybridized carbons (Fsp3) is 0.500. The summed E-state index contributed by atoms with van der Waals surface area (Å²) in [6, 6.07) is 8.47. The van der Waals surface area contributed by atoms with Crippen molar-refractivity contribution < 1.29 is 9.53 Å². The molecule has 1 aromatic carbocycles. The van der Waals surface area contributed by atoms with Crippen molar-refractivity contribution in [3.63, 3.8) is 0 Å². The number of benzene rings is 1. The number of hydrogen-bond acceptors (Lipinski definition) is 4. The Morgan fingerprint density at radius 2 is 1.81 bits per heavy atom. The van der Waals surface area contributed by atoms with E-state index in [-0.39, 0.29) is 11.6 Å². The molecule has 7 heteroatoms. The lowest BCUT2D eigenvalue weighted by Gasteiger charge is -2.50. The van der Waals surface area contributed by atoms with Gasteiger partial charge in [0, 0.05) is 37.2 Å². The highest BCUT2D eigenvalue weighted by Gasteiger charge is 2.52. The van der Waals surface area contributed by atoms with Crippen molar-refractivity contribution in [3.8, 4) is 5.69 Å². The minimum Gasteiger partial charge on any atom is -0.444 e. The van der Waals surface area contributed by atoms with Crippen LogP contribution in [0, 0.1) is 0 Å². The van der Waals surface area contributed by atoms with Gasteiger partial charge in [0.2, 0.25) is 0 Å². The maximum absolute atomic E-state index is 12.5. The molecule has 2 aliphatic heterocycles. The predicted molar refractivity (Wildman–Crippen MR) is 108 cm³/mol. The number of imidazole rings is 1. The Balaban J connectivity index is 1.44. The zero-order valence-corrected chi connectivity index (χ0v) is 17.6. The first kappa shape index (κ1) is 18.3. The third kappa shape index (κ3) is 3.57. The molecule has 0 bridgehead atoms. The molecule has 27 heavy (non-hydrogen) atoms. The van der Waals surface area contributed by atoms with Crippen LogP contribution in [-0.4, -0.2) is 51.3 Å². The molecule has 2 saturated heterocycles. The van der Waals surface area contributed by atoms with Gasteiger partial charge in [-0.2, -0.15) is 0 Å². The van der Waals surface area contributed by atoms with E-state index in [0.29, 0.717) is 0 Å². The van der Waals surface area contributed by atoms with Crippen LogP contribution in [0.3, 0.4) is 0 Å². The number of anilines is 1. The van der Waals surface area contributed by atoms with Crippen molar-refractivity contribution >= 4 is 27.7 Å². The summed E-state index contributed by atoms with van der Waals surface area (Å²) < 4.78 is 8.39. The van der Waals surface area contributed by atoms with E-state index < -0.39 is 5.60 Å². The summed E-state index contributed by atoms with van der Waals surface area (Å²) in [5.74, 6) is 0. The molecule has 0 saturated carbocycles. The van der Waals surface area contributed by atoms with Gasteiger partial charge in [-0.25, -0.2) is 9.78 Å². The molecule has 1 atom stereocenters. The third-order valence-electron chi connectivity index (χ3n) is 5.38. The molecule has 2 aliphatic rings. The van der Waals surface area contributed by atoms with Gasteiger partial charge in [-0.15, -0.1) is 0 Å². The molecule has 1 unspecified atom stereocenters. The highest BCUT2D eigenvalue weighted by molar-refractivity contribution is 9.10. The number of halogens is 1. The lowest BCUT2D eigenvalue weighted by molar-refractivity contribution is -0.0362. The highest BCUT2D eigenvalue weighted by atomic mass is 79.9. The molecular weight excluding hydrogens is 408 g/mol. The maximum atomic E-state index is 12.5. The Morgan fingerprint density at radius 3 is 2.37 bits per heavy atom. The van der Waals surface area contributed by atoms with Crippen molar-refractivity contribution in [2.45, 2.75) is 44.8 Å². The van der Waals surface area contributed by atoms with Crippen LogP contribution in [0.5, 0.6) is 0 Å². The number of hydrogen-bond donors (Lipinski definition) is 0. The van der Waals surface area contributed by atoms with E-state index in [0.717, 1.165) is 42.8 Å². The number of aromatic nitrogens is 2. The largest absolute Gasteiger partial charge is 0.444 e. The molecule has 0 radical (unpaired) electrons. The average Bonchev–Trinajstić information content (AvgIpc) is 3.20. The molecule has 0 N–H and O–H groups in total. The van der Waals surface area contributed by atoms with Crippen LogP contribution >= 0.6 is 15.9 Å². The molecule has 2 aromatic rings. The number of amides is 1. The van der Waals surface area contributed by atoms with E-state index in [1.165, 1.54) is 5.69 Å². The van der Waals surface area contributed by atoms with Gasteiger partial charge in [0.05, 0.1) is 5.54 Å². The van der Waals surface area contributed by atoms with E-state index in [9.17, 15) is 4.79 Å². The Bertz CT molecular complexity index is 842. The monoisotopic (exact) mass is 432 g/mol.